The first-order valence-electron chi connectivity index (χ1n) is 5.37. The highest BCUT2D eigenvalue weighted by Gasteiger charge is 2.11. The van der Waals surface area contributed by atoms with Crippen molar-refractivity contribution in [3.8, 4) is 5.75 Å². The first-order chi connectivity index (χ1) is 8.22. The summed E-state index contributed by atoms with van der Waals surface area (Å²) in [6, 6.07) is 5.81. The van der Waals surface area contributed by atoms with Crippen LogP contribution in [-0.4, -0.2) is 18.6 Å². The zero-order valence-electron chi connectivity index (χ0n) is 10.2. The van der Waals surface area contributed by atoms with Crippen LogP contribution in [0.1, 0.15) is 13.8 Å². The molecule has 1 rings (SSSR count). The minimum Gasteiger partial charge on any atom is -0.425 e. The van der Waals surface area contributed by atoms with Crippen LogP contribution in [0.3, 0.4) is 0 Å². The molecular formula is C11H17O3PS2. The van der Waals surface area contributed by atoms with Crippen molar-refractivity contribution < 1.29 is 13.6 Å². The fourth-order valence-corrected chi connectivity index (χ4v) is 3.59. The van der Waals surface area contributed by atoms with E-state index in [1.807, 2.05) is 12.1 Å². The molecule has 0 aromatic heterocycles. The van der Waals surface area contributed by atoms with Gasteiger partial charge in [0.05, 0.1) is 4.90 Å². The van der Waals surface area contributed by atoms with Crippen LogP contribution >= 0.6 is 31.8 Å². The third-order valence-electron chi connectivity index (χ3n) is 1.89. The Morgan fingerprint density at radius 3 is 2.53 bits per heavy atom. The summed E-state index contributed by atoms with van der Waals surface area (Å²) in [5.41, 5.74) is 0. The van der Waals surface area contributed by atoms with Crippen LogP contribution in [-0.2, 0) is 9.09 Å². The van der Waals surface area contributed by atoms with Gasteiger partial charge in [0.25, 0.3) is 0 Å². The Balaban J connectivity index is 3.01. The zero-order valence-corrected chi connectivity index (χ0v) is 12.8. The second kappa shape index (κ2) is 8.09. The van der Waals surface area contributed by atoms with E-state index in [0.717, 1.165) is 16.4 Å². The fraction of sp³-hybridized carbons (Fsp3) is 0.455. The Morgan fingerprint density at radius 2 is 1.94 bits per heavy atom. The van der Waals surface area contributed by atoms with Gasteiger partial charge in [0.1, 0.15) is 5.75 Å². The van der Waals surface area contributed by atoms with E-state index < -0.39 is 8.25 Å². The number of rotatable bonds is 7. The normalized spacial score (nSPS) is 12.4. The topological polar surface area (TPSA) is 35.5 Å². The van der Waals surface area contributed by atoms with Gasteiger partial charge in [0.2, 0.25) is 0 Å². The Labute approximate surface area is 112 Å². The van der Waals surface area contributed by atoms with Gasteiger partial charge in [-0.1, -0.05) is 19.9 Å². The maximum Gasteiger partial charge on any atom is 0.367 e. The summed E-state index contributed by atoms with van der Waals surface area (Å²) in [5, 5.41) is 0. The Kier molecular flexibility index (Phi) is 7.12. The van der Waals surface area contributed by atoms with E-state index in [9.17, 15) is 4.57 Å². The third kappa shape index (κ3) is 4.59. The van der Waals surface area contributed by atoms with Gasteiger partial charge in [-0.2, -0.15) is 0 Å². The third-order valence-corrected chi connectivity index (χ3v) is 4.68. The quantitative estimate of drug-likeness (QED) is 0.552. The van der Waals surface area contributed by atoms with Gasteiger partial charge in [-0.15, -0.1) is 23.5 Å². The van der Waals surface area contributed by atoms with E-state index in [1.54, 1.807) is 23.5 Å². The molecule has 0 saturated heterocycles. The number of thioether (sulfide) groups is 2. The fourth-order valence-electron chi connectivity index (χ4n) is 1.26. The Bertz CT molecular complexity index is 385. The van der Waals surface area contributed by atoms with E-state index >= 15 is 0 Å². The van der Waals surface area contributed by atoms with Crippen molar-refractivity contribution >= 4 is 31.8 Å². The average Bonchev–Trinajstić information content (AvgIpc) is 2.33. The molecule has 1 aromatic rings. The summed E-state index contributed by atoms with van der Waals surface area (Å²) in [6.07, 6.45) is 0. The lowest BCUT2D eigenvalue weighted by atomic mass is 10.3. The van der Waals surface area contributed by atoms with Crippen molar-refractivity contribution in [2.45, 2.75) is 23.6 Å². The number of benzene rings is 1. The monoisotopic (exact) mass is 292 g/mol. The first-order valence-corrected chi connectivity index (χ1v) is 8.56. The summed E-state index contributed by atoms with van der Waals surface area (Å²) in [4.78, 5) is 2.22. The van der Waals surface area contributed by atoms with Gasteiger partial charge in [-0.05, 0) is 23.6 Å². The molecule has 0 fully saturated rings. The molecule has 0 aliphatic carbocycles. The first kappa shape index (κ1) is 15.0. The molecule has 17 heavy (non-hydrogen) atoms. The molecule has 0 saturated carbocycles. The lowest BCUT2D eigenvalue weighted by Gasteiger charge is -2.13. The molecule has 0 aliphatic heterocycles. The van der Waals surface area contributed by atoms with Crippen LogP contribution in [0.2, 0.25) is 0 Å². The standard InChI is InChI=1S/C11H17O3PS2/c1-4-16-10-8-6-7-9(11(10)17-5-2)14-15(12)13-3/h6-8,15H,4-5H2,1-3H3. The highest BCUT2D eigenvalue weighted by Crippen LogP contribution is 2.41. The molecule has 0 N–H and O–H groups in total. The Hall–Kier alpha value is -0.0900. The molecular weight excluding hydrogens is 275 g/mol. The van der Waals surface area contributed by atoms with Crippen molar-refractivity contribution in [1.29, 1.82) is 0 Å². The summed E-state index contributed by atoms with van der Waals surface area (Å²) in [6.45, 7) is 4.19. The second-order valence-corrected chi connectivity index (χ2v) is 6.70. The van der Waals surface area contributed by atoms with Crippen molar-refractivity contribution in [2.75, 3.05) is 18.6 Å². The molecule has 0 aliphatic rings. The predicted octanol–water partition coefficient (Wildman–Crippen LogP) is 4.33. The molecule has 1 atom stereocenters. The van der Waals surface area contributed by atoms with Crippen molar-refractivity contribution in [3.63, 3.8) is 0 Å². The van der Waals surface area contributed by atoms with Crippen molar-refractivity contribution in [1.82, 2.24) is 0 Å². The molecule has 0 heterocycles. The SMILES string of the molecule is CCSc1cccc(O[PH](=O)OC)c1SCC. The van der Waals surface area contributed by atoms with E-state index in [4.69, 9.17) is 9.05 Å². The molecule has 96 valence electrons. The second-order valence-electron chi connectivity index (χ2n) is 3.01. The van der Waals surface area contributed by atoms with E-state index in [0.29, 0.717) is 5.75 Å². The number of hydrogen-bond donors (Lipinski definition) is 0. The van der Waals surface area contributed by atoms with E-state index in [-0.39, 0.29) is 0 Å². The van der Waals surface area contributed by atoms with Crippen LogP contribution in [0, 0.1) is 0 Å². The lowest BCUT2D eigenvalue weighted by Crippen LogP contribution is -1.89. The van der Waals surface area contributed by atoms with Gasteiger partial charge < -0.3 is 9.05 Å². The molecule has 3 nitrogen and oxygen atoms in total. The van der Waals surface area contributed by atoms with E-state index in [2.05, 4.69) is 19.9 Å². The van der Waals surface area contributed by atoms with Crippen LogP contribution in [0.5, 0.6) is 5.75 Å². The lowest BCUT2D eigenvalue weighted by molar-refractivity contribution is 0.346. The van der Waals surface area contributed by atoms with Crippen molar-refractivity contribution in [3.05, 3.63) is 18.2 Å². The van der Waals surface area contributed by atoms with Crippen molar-refractivity contribution in [2.24, 2.45) is 0 Å². The average molecular weight is 292 g/mol. The molecule has 0 radical (unpaired) electrons. The maximum atomic E-state index is 11.3. The van der Waals surface area contributed by atoms with Gasteiger partial charge in [0, 0.05) is 12.0 Å². The van der Waals surface area contributed by atoms with Crippen LogP contribution in [0.15, 0.2) is 28.0 Å². The van der Waals surface area contributed by atoms with Gasteiger partial charge >= 0.3 is 8.25 Å². The molecule has 1 unspecified atom stereocenters. The highest BCUT2D eigenvalue weighted by atomic mass is 32.2. The van der Waals surface area contributed by atoms with Crippen LogP contribution in [0.4, 0.5) is 0 Å². The molecule has 1 aromatic carbocycles. The summed E-state index contributed by atoms with van der Waals surface area (Å²) in [7, 11) is -1.04. The molecule has 0 amide bonds. The van der Waals surface area contributed by atoms with Gasteiger partial charge in [-0.3, -0.25) is 0 Å². The Morgan fingerprint density at radius 1 is 1.24 bits per heavy atom. The molecule has 0 spiro atoms. The highest BCUT2D eigenvalue weighted by molar-refractivity contribution is 8.02. The summed E-state index contributed by atoms with van der Waals surface area (Å²) >= 11 is 3.46. The van der Waals surface area contributed by atoms with Crippen LogP contribution < -0.4 is 4.52 Å². The maximum absolute atomic E-state index is 11.3. The number of hydrogen-bond acceptors (Lipinski definition) is 5. The summed E-state index contributed by atoms with van der Waals surface area (Å²) in [5.74, 6) is 2.60. The predicted molar refractivity (Wildman–Crippen MR) is 75.9 cm³/mol. The van der Waals surface area contributed by atoms with Gasteiger partial charge in [0.15, 0.2) is 0 Å². The van der Waals surface area contributed by atoms with Crippen LogP contribution in [0.25, 0.3) is 0 Å². The van der Waals surface area contributed by atoms with Gasteiger partial charge in [-0.25, -0.2) is 4.57 Å². The minimum absolute atomic E-state index is 0.654. The molecule has 6 heteroatoms. The summed E-state index contributed by atoms with van der Waals surface area (Å²) < 4.78 is 21.4. The molecule has 0 bridgehead atoms. The zero-order chi connectivity index (χ0) is 12.7. The smallest absolute Gasteiger partial charge is 0.367 e. The minimum atomic E-state index is -2.42. The van der Waals surface area contributed by atoms with E-state index in [1.165, 1.54) is 12.0 Å². The largest absolute Gasteiger partial charge is 0.425 e.